The number of hydrogen-bond acceptors (Lipinski definition) is 4. The van der Waals surface area contributed by atoms with Gasteiger partial charge in [0.05, 0.1) is 26.4 Å². The van der Waals surface area contributed by atoms with Gasteiger partial charge in [-0.3, -0.25) is 0 Å². The molecule has 0 aromatic heterocycles. The summed E-state index contributed by atoms with van der Waals surface area (Å²) in [5, 5.41) is 3.55. The number of hydrogen-bond donors (Lipinski definition) is 1. The molecule has 1 heterocycles. The molecule has 0 aliphatic carbocycles. The largest absolute Gasteiger partial charge is 0.496 e. The molecule has 1 atom stereocenters. The molecule has 0 spiro atoms. The maximum Gasteiger partial charge on any atom is 0.131 e. The van der Waals surface area contributed by atoms with Gasteiger partial charge in [-0.1, -0.05) is 13.8 Å². The minimum Gasteiger partial charge on any atom is -0.496 e. The van der Waals surface area contributed by atoms with Gasteiger partial charge in [0.25, 0.3) is 0 Å². The van der Waals surface area contributed by atoms with Crippen molar-refractivity contribution in [2.24, 2.45) is 0 Å². The van der Waals surface area contributed by atoms with Gasteiger partial charge in [-0.15, -0.1) is 0 Å². The van der Waals surface area contributed by atoms with E-state index in [0.717, 1.165) is 29.2 Å². The Morgan fingerprint density at radius 3 is 2.67 bits per heavy atom. The fourth-order valence-corrected chi connectivity index (χ4v) is 2.33. The molecule has 0 fully saturated rings. The smallest absolute Gasteiger partial charge is 0.131 e. The Morgan fingerprint density at radius 1 is 1.28 bits per heavy atom. The van der Waals surface area contributed by atoms with Gasteiger partial charge in [-0.05, 0) is 0 Å². The Bertz CT molecular complexity index is 400. The van der Waals surface area contributed by atoms with Crippen LogP contribution in [0.15, 0.2) is 12.1 Å². The van der Waals surface area contributed by atoms with E-state index in [0.29, 0.717) is 12.6 Å². The molecular formula is C14H21NO3. The van der Waals surface area contributed by atoms with E-state index in [4.69, 9.17) is 14.2 Å². The molecule has 4 nitrogen and oxygen atoms in total. The maximum absolute atomic E-state index is 5.72. The summed E-state index contributed by atoms with van der Waals surface area (Å²) in [5.41, 5.74) is 1.10. The Hall–Kier alpha value is -1.42. The summed E-state index contributed by atoms with van der Waals surface area (Å²) in [6, 6.07) is 4.52. The minimum absolute atomic E-state index is 0.273. The molecule has 1 aromatic rings. The van der Waals surface area contributed by atoms with Gasteiger partial charge in [0.1, 0.15) is 17.2 Å². The van der Waals surface area contributed by atoms with Gasteiger partial charge in [-0.25, -0.2) is 0 Å². The SMILES string of the molecule is COc1cc(OC)c2c(c1)OCCC2NC(C)C. The molecule has 1 aliphatic heterocycles. The lowest BCUT2D eigenvalue weighted by molar-refractivity contribution is 0.239. The van der Waals surface area contributed by atoms with Gasteiger partial charge in [-0.2, -0.15) is 0 Å². The number of ether oxygens (including phenoxy) is 3. The highest BCUT2D eigenvalue weighted by atomic mass is 16.5. The van der Waals surface area contributed by atoms with Gasteiger partial charge >= 0.3 is 0 Å². The summed E-state index contributed by atoms with van der Waals surface area (Å²) < 4.78 is 16.4. The number of methoxy groups -OCH3 is 2. The van der Waals surface area contributed by atoms with E-state index in [9.17, 15) is 0 Å². The molecule has 0 bridgehead atoms. The predicted molar refractivity (Wildman–Crippen MR) is 70.7 cm³/mol. The third-order valence-corrected chi connectivity index (χ3v) is 3.08. The normalized spacial score (nSPS) is 18.2. The molecule has 1 N–H and O–H groups in total. The summed E-state index contributed by atoms with van der Waals surface area (Å²) >= 11 is 0. The van der Waals surface area contributed by atoms with Gasteiger partial charge in [0.15, 0.2) is 0 Å². The van der Waals surface area contributed by atoms with Crippen LogP contribution in [-0.2, 0) is 0 Å². The molecule has 1 aromatic carbocycles. The van der Waals surface area contributed by atoms with Crippen LogP contribution in [0, 0.1) is 0 Å². The Balaban J connectivity index is 2.41. The molecule has 0 radical (unpaired) electrons. The topological polar surface area (TPSA) is 39.7 Å². The van der Waals surface area contributed by atoms with E-state index in [1.165, 1.54) is 0 Å². The molecule has 1 unspecified atom stereocenters. The molecule has 1 aliphatic rings. The van der Waals surface area contributed by atoms with Crippen molar-refractivity contribution in [1.82, 2.24) is 5.32 Å². The molecular weight excluding hydrogens is 230 g/mol. The van der Waals surface area contributed by atoms with Crippen molar-refractivity contribution in [3.05, 3.63) is 17.7 Å². The highest BCUT2D eigenvalue weighted by molar-refractivity contribution is 5.53. The second-order valence-corrected chi connectivity index (χ2v) is 4.75. The van der Waals surface area contributed by atoms with Crippen molar-refractivity contribution < 1.29 is 14.2 Å². The van der Waals surface area contributed by atoms with Crippen molar-refractivity contribution in [1.29, 1.82) is 0 Å². The second-order valence-electron chi connectivity index (χ2n) is 4.75. The summed E-state index contributed by atoms with van der Waals surface area (Å²) in [6.45, 7) is 5.00. The first-order valence-corrected chi connectivity index (χ1v) is 6.30. The second kappa shape index (κ2) is 5.48. The number of benzene rings is 1. The maximum atomic E-state index is 5.72. The van der Waals surface area contributed by atoms with E-state index < -0.39 is 0 Å². The average Bonchev–Trinajstić information content (AvgIpc) is 2.36. The summed E-state index contributed by atoms with van der Waals surface area (Å²) in [5.74, 6) is 2.44. The lowest BCUT2D eigenvalue weighted by Gasteiger charge is -2.30. The van der Waals surface area contributed by atoms with Gasteiger partial charge < -0.3 is 19.5 Å². The summed E-state index contributed by atoms with van der Waals surface area (Å²) in [7, 11) is 3.32. The lowest BCUT2D eigenvalue weighted by Crippen LogP contribution is -2.32. The zero-order valence-corrected chi connectivity index (χ0v) is 11.4. The summed E-state index contributed by atoms with van der Waals surface area (Å²) in [4.78, 5) is 0. The van der Waals surface area contributed by atoms with Crippen LogP contribution in [0.2, 0.25) is 0 Å². The lowest BCUT2D eigenvalue weighted by atomic mass is 9.98. The predicted octanol–water partition coefficient (Wildman–Crippen LogP) is 2.53. The van der Waals surface area contributed by atoms with E-state index in [2.05, 4.69) is 19.2 Å². The standard InChI is InChI=1S/C14H21NO3/c1-9(2)15-11-5-6-18-13-8-10(16-3)7-12(17-4)14(11)13/h7-9,11,15H,5-6H2,1-4H3. The van der Waals surface area contributed by atoms with Crippen molar-refractivity contribution >= 4 is 0 Å². The quantitative estimate of drug-likeness (QED) is 0.892. The van der Waals surface area contributed by atoms with Crippen molar-refractivity contribution in [3.63, 3.8) is 0 Å². The molecule has 2 rings (SSSR count). The van der Waals surface area contributed by atoms with Gasteiger partial charge in [0, 0.05) is 30.6 Å². The first kappa shape index (κ1) is 13.0. The van der Waals surface area contributed by atoms with Gasteiger partial charge in [0.2, 0.25) is 0 Å². The van der Waals surface area contributed by atoms with Crippen LogP contribution in [0.3, 0.4) is 0 Å². The monoisotopic (exact) mass is 251 g/mol. The third kappa shape index (κ3) is 2.53. The molecule has 18 heavy (non-hydrogen) atoms. The van der Waals surface area contributed by atoms with Crippen molar-refractivity contribution in [2.45, 2.75) is 32.4 Å². The fraction of sp³-hybridized carbons (Fsp3) is 0.571. The minimum atomic E-state index is 0.273. The Morgan fingerprint density at radius 2 is 2.06 bits per heavy atom. The zero-order chi connectivity index (χ0) is 13.1. The molecule has 4 heteroatoms. The first-order valence-electron chi connectivity index (χ1n) is 6.30. The van der Waals surface area contributed by atoms with Crippen LogP contribution in [0.5, 0.6) is 17.2 Å². The zero-order valence-electron chi connectivity index (χ0n) is 11.4. The summed E-state index contributed by atoms with van der Waals surface area (Å²) in [6.07, 6.45) is 0.952. The van der Waals surface area contributed by atoms with Crippen molar-refractivity contribution in [3.8, 4) is 17.2 Å². The number of fused-ring (bicyclic) bond motifs is 1. The van der Waals surface area contributed by atoms with E-state index >= 15 is 0 Å². The fourth-order valence-electron chi connectivity index (χ4n) is 2.33. The van der Waals surface area contributed by atoms with Crippen LogP contribution < -0.4 is 19.5 Å². The Kier molecular flexibility index (Phi) is 3.97. The average molecular weight is 251 g/mol. The first-order chi connectivity index (χ1) is 8.65. The van der Waals surface area contributed by atoms with E-state index in [1.54, 1.807) is 14.2 Å². The highest BCUT2D eigenvalue weighted by Crippen LogP contribution is 2.42. The molecule has 0 amide bonds. The van der Waals surface area contributed by atoms with Crippen LogP contribution in [-0.4, -0.2) is 26.9 Å². The van der Waals surface area contributed by atoms with Crippen LogP contribution in [0.25, 0.3) is 0 Å². The van der Waals surface area contributed by atoms with E-state index in [1.807, 2.05) is 12.1 Å². The highest BCUT2D eigenvalue weighted by Gasteiger charge is 2.26. The van der Waals surface area contributed by atoms with Crippen LogP contribution in [0.1, 0.15) is 31.9 Å². The van der Waals surface area contributed by atoms with E-state index in [-0.39, 0.29) is 6.04 Å². The van der Waals surface area contributed by atoms with Crippen LogP contribution in [0.4, 0.5) is 0 Å². The molecule has 0 saturated carbocycles. The van der Waals surface area contributed by atoms with Crippen LogP contribution >= 0.6 is 0 Å². The third-order valence-electron chi connectivity index (χ3n) is 3.08. The van der Waals surface area contributed by atoms with Crippen molar-refractivity contribution in [2.75, 3.05) is 20.8 Å². The molecule has 0 saturated heterocycles. The Labute approximate surface area is 108 Å². The number of rotatable bonds is 4. The number of nitrogens with one attached hydrogen (secondary N) is 1. The molecule has 100 valence electrons.